The first-order valence-corrected chi connectivity index (χ1v) is 7.36. The lowest BCUT2D eigenvalue weighted by molar-refractivity contribution is -0.118. The molecule has 0 unspecified atom stereocenters. The number of benzene rings is 2. The molecule has 0 heterocycles. The van der Waals surface area contributed by atoms with Gasteiger partial charge in [0.15, 0.2) is 6.61 Å². The van der Waals surface area contributed by atoms with E-state index in [1.54, 1.807) is 0 Å². The quantitative estimate of drug-likeness (QED) is 0.871. The predicted molar refractivity (Wildman–Crippen MR) is 87.3 cm³/mol. The van der Waals surface area contributed by atoms with Crippen LogP contribution in [-0.2, 0) is 11.3 Å². The molecule has 0 radical (unpaired) electrons. The van der Waals surface area contributed by atoms with Gasteiger partial charge in [0, 0.05) is 17.8 Å². The highest BCUT2D eigenvalue weighted by atomic mass is 79.9. The number of ether oxygens (including phenoxy) is 1. The Bertz CT molecular complexity index is 644. The number of carbonyl (C=O) groups is 1. The third kappa shape index (κ3) is 4.31. The summed E-state index contributed by atoms with van der Waals surface area (Å²) >= 11 is 3.40. The molecular formula is C16H17BrN2O2. The van der Waals surface area contributed by atoms with E-state index in [9.17, 15) is 4.79 Å². The SMILES string of the molecule is Cc1cccc(NC(=O)COc2c(Br)cccc2CN)c1. The van der Waals surface area contributed by atoms with Crippen molar-refractivity contribution in [1.29, 1.82) is 0 Å². The van der Waals surface area contributed by atoms with Gasteiger partial charge in [0.2, 0.25) is 0 Å². The van der Waals surface area contributed by atoms with Crippen LogP contribution in [-0.4, -0.2) is 12.5 Å². The summed E-state index contributed by atoms with van der Waals surface area (Å²) in [6.07, 6.45) is 0. The number of aryl methyl sites for hydroxylation is 1. The first-order chi connectivity index (χ1) is 10.1. The van der Waals surface area contributed by atoms with Crippen LogP contribution in [0, 0.1) is 6.92 Å². The van der Waals surface area contributed by atoms with E-state index < -0.39 is 0 Å². The van der Waals surface area contributed by atoms with Crippen molar-refractivity contribution in [2.45, 2.75) is 13.5 Å². The van der Waals surface area contributed by atoms with E-state index in [1.165, 1.54) is 0 Å². The Labute approximate surface area is 132 Å². The highest BCUT2D eigenvalue weighted by Gasteiger charge is 2.10. The average Bonchev–Trinajstić information content (AvgIpc) is 2.45. The molecule has 0 aromatic heterocycles. The molecular weight excluding hydrogens is 332 g/mol. The van der Waals surface area contributed by atoms with Crippen LogP contribution in [0.2, 0.25) is 0 Å². The van der Waals surface area contributed by atoms with Gasteiger partial charge in [-0.05, 0) is 46.6 Å². The number of amides is 1. The Hall–Kier alpha value is -1.85. The minimum Gasteiger partial charge on any atom is -0.482 e. The molecule has 0 atom stereocenters. The van der Waals surface area contributed by atoms with Crippen molar-refractivity contribution < 1.29 is 9.53 Å². The number of nitrogens with two attached hydrogens (primary N) is 1. The number of hydrogen-bond acceptors (Lipinski definition) is 3. The number of hydrogen-bond donors (Lipinski definition) is 2. The van der Waals surface area contributed by atoms with Crippen LogP contribution in [0.5, 0.6) is 5.75 Å². The molecule has 2 rings (SSSR count). The summed E-state index contributed by atoms with van der Waals surface area (Å²) in [5.74, 6) is 0.402. The van der Waals surface area contributed by atoms with Crippen LogP contribution in [0.15, 0.2) is 46.9 Å². The van der Waals surface area contributed by atoms with Crippen molar-refractivity contribution in [3.63, 3.8) is 0 Å². The van der Waals surface area contributed by atoms with E-state index in [1.807, 2.05) is 49.4 Å². The van der Waals surface area contributed by atoms with Crippen molar-refractivity contribution >= 4 is 27.5 Å². The van der Waals surface area contributed by atoms with Crippen molar-refractivity contribution in [3.05, 3.63) is 58.1 Å². The van der Waals surface area contributed by atoms with Crippen molar-refractivity contribution in [2.75, 3.05) is 11.9 Å². The summed E-state index contributed by atoms with van der Waals surface area (Å²) in [7, 11) is 0. The fourth-order valence-electron chi connectivity index (χ4n) is 1.93. The number of halogens is 1. The summed E-state index contributed by atoms with van der Waals surface area (Å²) in [6, 6.07) is 13.2. The topological polar surface area (TPSA) is 64.3 Å². The fraction of sp³-hybridized carbons (Fsp3) is 0.188. The Balaban J connectivity index is 1.99. The molecule has 0 spiro atoms. The van der Waals surface area contributed by atoms with Gasteiger partial charge in [0.25, 0.3) is 5.91 Å². The van der Waals surface area contributed by atoms with E-state index in [0.29, 0.717) is 12.3 Å². The van der Waals surface area contributed by atoms with E-state index in [4.69, 9.17) is 10.5 Å². The normalized spacial score (nSPS) is 10.2. The van der Waals surface area contributed by atoms with E-state index in [0.717, 1.165) is 21.3 Å². The second-order valence-corrected chi connectivity index (χ2v) is 5.49. The number of anilines is 1. The molecule has 0 aliphatic carbocycles. The number of nitrogens with one attached hydrogen (secondary N) is 1. The molecule has 0 bridgehead atoms. The van der Waals surface area contributed by atoms with Gasteiger partial charge in [-0.3, -0.25) is 4.79 Å². The first kappa shape index (κ1) is 15.5. The van der Waals surface area contributed by atoms with Crippen LogP contribution in [0.25, 0.3) is 0 Å². The summed E-state index contributed by atoms with van der Waals surface area (Å²) in [5.41, 5.74) is 8.37. The van der Waals surface area contributed by atoms with Gasteiger partial charge in [-0.2, -0.15) is 0 Å². The average molecular weight is 349 g/mol. The third-order valence-electron chi connectivity index (χ3n) is 2.92. The Kier molecular flexibility index (Phi) is 5.36. The molecule has 3 N–H and O–H groups in total. The van der Waals surface area contributed by atoms with Gasteiger partial charge in [0.1, 0.15) is 5.75 Å². The molecule has 5 heteroatoms. The van der Waals surface area contributed by atoms with E-state index >= 15 is 0 Å². The molecule has 2 aromatic rings. The number of carbonyl (C=O) groups excluding carboxylic acids is 1. The maximum Gasteiger partial charge on any atom is 0.262 e. The predicted octanol–water partition coefficient (Wildman–Crippen LogP) is 3.23. The van der Waals surface area contributed by atoms with Crippen molar-refractivity contribution in [1.82, 2.24) is 0 Å². The van der Waals surface area contributed by atoms with Gasteiger partial charge in [-0.15, -0.1) is 0 Å². The number of rotatable bonds is 5. The van der Waals surface area contributed by atoms with Crippen LogP contribution >= 0.6 is 15.9 Å². The summed E-state index contributed by atoms with van der Waals surface area (Å²) in [4.78, 5) is 11.9. The lowest BCUT2D eigenvalue weighted by Gasteiger charge is -2.12. The maximum absolute atomic E-state index is 11.9. The van der Waals surface area contributed by atoms with Crippen LogP contribution in [0.3, 0.4) is 0 Å². The fourth-order valence-corrected chi connectivity index (χ4v) is 2.46. The van der Waals surface area contributed by atoms with Gasteiger partial charge < -0.3 is 15.8 Å². The van der Waals surface area contributed by atoms with Gasteiger partial charge in [-0.1, -0.05) is 24.3 Å². The Morgan fingerprint density at radius 2 is 2.05 bits per heavy atom. The zero-order chi connectivity index (χ0) is 15.2. The molecule has 0 aliphatic rings. The second kappa shape index (κ2) is 7.24. The number of para-hydroxylation sites is 1. The van der Waals surface area contributed by atoms with Gasteiger partial charge in [-0.25, -0.2) is 0 Å². The van der Waals surface area contributed by atoms with Crippen LogP contribution < -0.4 is 15.8 Å². The zero-order valence-corrected chi connectivity index (χ0v) is 13.3. The van der Waals surface area contributed by atoms with Crippen LogP contribution in [0.1, 0.15) is 11.1 Å². The summed E-state index contributed by atoms with van der Waals surface area (Å²) < 4.78 is 6.37. The summed E-state index contributed by atoms with van der Waals surface area (Å²) in [5, 5.41) is 2.80. The van der Waals surface area contributed by atoms with Crippen molar-refractivity contribution in [2.24, 2.45) is 5.73 Å². The first-order valence-electron chi connectivity index (χ1n) is 6.57. The largest absolute Gasteiger partial charge is 0.482 e. The lowest BCUT2D eigenvalue weighted by Crippen LogP contribution is -2.21. The molecule has 21 heavy (non-hydrogen) atoms. The smallest absolute Gasteiger partial charge is 0.262 e. The Morgan fingerprint density at radius 3 is 2.76 bits per heavy atom. The van der Waals surface area contributed by atoms with E-state index in [-0.39, 0.29) is 12.5 Å². The maximum atomic E-state index is 11.9. The molecule has 0 saturated heterocycles. The molecule has 4 nitrogen and oxygen atoms in total. The minimum absolute atomic E-state index is 0.0659. The van der Waals surface area contributed by atoms with Gasteiger partial charge >= 0.3 is 0 Å². The minimum atomic E-state index is -0.209. The molecule has 1 amide bonds. The monoisotopic (exact) mass is 348 g/mol. The molecule has 0 saturated carbocycles. The summed E-state index contributed by atoms with van der Waals surface area (Å²) in [6.45, 7) is 2.26. The highest BCUT2D eigenvalue weighted by molar-refractivity contribution is 9.10. The van der Waals surface area contributed by atoms with E-state index in [2.05, 4.69) is 21.2 Å². The standard InChI is InChI=1S/C16H17BrN2O2/c1-11-4-2-6-13(8-11)19-15(20)10-21-16-12(9-18)5-3-7-14(16)17/h2-8H,9-10,18H2,1H3,(H,19,20). The zero-order valence-electron chi connectivity index (χ0n) is 11.7. The molecule has 110 valence electrons. The molecule has 2 aromatic carbocycles. The van der Waals surface area contributed by atoms with Crippen molar-refractivity contribution in [3.8, 4) is 5.75 Å². The van der Waals surface area contributed by atoms with Gasteiger partial charge in [0.05, 0.1) is 4.47 Å². The third-order valence-corrected chi connectivity index (χ3v) is 3.54. The van der Waals surface area contributed by atoms with Crippen LogP contribution in [0.4, 0.5) is 5.69 Å². The lowest BCUT2D eigenvalue weighted by atomic mass is 10.2. The molecule has 0 fully saturated rings. The highest BCUT2D eigenvalue weighted by Crippen LogP contribution is 2.28. The molecule has 0 aliphatic heterocycles. The Morgan fingerprint density at radius 1 is 1.29 bits per heavy atom. The second-order valence-electron chi connectivity index (χ2n) is 4.64.